The van der Waals surface area contributed by atoms with E-state index in [1.165, 1.54) is 19.3 Å². The first-order valence-corrected chi connectivity index (χ1v) is 8.05. The minimum atomic E-state index is -0.605. The molecule has 1 saturated heterocycles. The number of carbonyl (C=O) groups is 1. The number of cyclic esters (lactones) is 1. The molecule has 0 spiro atoms. The summed E-state index contributed by atoms with van der Waals surface area (Å²) in [5, 5.41) is 9.77. The second kappa shape index (κ2) is 8.91. The third-order valence-corrected chi connectivity index (χ3v) is 3.98. The van der Waals surface area contributed by atoms with Crippen LogP contribution in [0.5, 0.6) is 0 Å². The lowest BCUT2D eigenvalue weighted by molar-refractivity contribution is -0.143. The average molecular weight is 366 g/mol. The van der Waals surface area contributed by atoms with Crippen molar-refractivity contribution in [3.05, 3.63) is 10.2 Å². The minimum absolute atomic E-state index is 0.220. The first-order chi connectivity index (χ1) is 8.66. The minimum Gasteiger partial charge on any atom is -0.460 e. The molecule has 1 aliphatic heterocycles. The van der Waals surface area contributed by atoms with Crippen molar-refractivity contribution in [1.29, 1.82) is 0 Å². The number of unbranched alkanes of at least 4 members (excludes halogenated alkanes) is 5. The summed E-state index contributed by atoms with van der Waals surface area (Å²) in [7, 11) is 0. The number of esters is 1. The van der Waals surface area contributed by atoms with Crippen molar-refractivity contribution in [3.8, 4) is 0 Å². The Hall–Kier alpha value is -0.100. The second-order valence-electron chi connectivity index (χ2n) is 4.95. The molecule has 0 bridgehead atoms. The van der Waals surface area contributed by atoms with Crippen LogP contribution in [0.15, 0.2) is 10.2 Å². The van der Waals surface area contributed by atoms with E-state index in [0.717, 1.165) is 25.7 Å². The largest absolute Gasteiger partial charge is 0.460 e. The molecule has 0 aromatic rings. The molecule has 18 heavy (non-hydrogen) atoms. The van der Waals surface area contributed by atoms with Crippen molar-refractivity contribution in [2.45, 2.75) is 64.1 Å². The summed E-state index contributed by atoms with van der Waals surface area (Å²) in [5.74, 6) is -0.510. The van der Waals surface area contributed by atoms with Crippen molar-refractivity contribution < 1.29 is 14.6 Å². The summed E-state index contributed by atoms with van der Waals surface area (Å²) in [6.07, 6.45) is 9.01. The number of ether oxygens (including phenoxy) is 1. The van der Waals surface area contributed by atoms with E-state index in [1.807, 2.05) is 0 Å². The summed E-state index contributed by atoms with van der Waals surface area (Å²) >= 11 is 2.24. The van der Waals surface area contributed by atoms with Crippen LogP contribution in [0.1, 0.15) is 51.9 Å². The van der Waals surface area contributed by atoms with Gasteiger partial charge in [-0.3, -0.25) is 4.79 Å². The summed E-state index contributed by atoms with van der Waals surface area (Å²) in [6, 6.07) is 0. The summed E-state index contributed by atoms with van der Waals surface area (Å²) in [6.45, 7) is 1.75. The van der Waals surface area contributed by atoms with Gasteiger partial charge in [-0.2, -0.15) is 0 Å². The van der Waals surface area contributed by atoms with Crippen LogP contribution in [0.3, 0.4) is 0 Å². The number of allylic oxidation sites excluding steroid dienone is 1. The third kappa shape index (κ3) is 5.26. The van der Waals surface area contributed by atoms with E-state index in [-0.39, 0.29) is 18.0 Å². The molecule has 0 aromatic carbocycles. The fourth-order valence-corrected chi connectivity index (χ4v) is 2.67. The van der Waals surface area contributed by atoms with Crippen LogP contribution in [0.4, 0.5) is 0 Å². The van der Waals surface area contributed by atoms with Gasteiger partial charge in [0.15, 0.2) is 0 Å². The highest BCUT2D eigenvalue weighted by Gasteiger charge is 2.40. The van der Waals surface area contributed by atoms with Gasteiger partial charge in [0, 0.05) is 0 Å². The van der Waals surface area contributed by atoms with Gasteiger partial charge in [-0.15, -0.1) is 0 Å². The molecule has 104 valence electrons. The molecule has 3 atom stereocenters. The lowest BCUT2D eigenvalue weighted by atomic mass is 9.95. The Kier molecular flexibility index (Phi) is 7.90. The third-order valence-electron chi connectivity index (χ3n) is 3.47. The number of aliphatic hydroxyl groups excluding tert-OH is 1. The van der Waals surface area contributed by atoms with Crippen LogP contribution in [0, 0.1) is 5.92 Å². The van der Waals surface area contributed by atoms with Crippen molar-refractivity contribution >= 4 is 28.6 Å². The van der Waals surface area contributed by atoms with Crippen molar-refractivity contribution in [3.63, 3.8) is 0 Å². The molecule has 3 nitrogen and oxygen atoms in total. The number of hydrogen-bond donors (Lipinski definition) is 1. The van der Waals surface area contributed by atoms with Gasteiger partial charge < -0.3 is 9.84 Å². The quantitative estimate of drug-likeness (QED) is 0.406. The Morgan fingerprint density at radius 2 is 1.94 bits per heavy atom. The van der Waals surface area contributed by atoms with Gasteiger partial charge in [0.2, 0.25) is 0 Å². The van der Waals surface area contributed by atoms with E-state index in [2.05, 4.69) is 32.7 Å². The van der Waals surface area contributed by atoms with Gasteiger partial charge >= 0.3 is 5.97 Å². The highest BCUT2D eigenvalue weighted by atomic mass is 127. The van der Waals surface area contributed by atoms with E-state index >= 15 is 0 Å². The van der Waals surface area contributed by atoms with Crippen LogP contribution < -0.4 is 0 Å². The second-order valence-corrected chi connectivity index (χ2v) is 5.67. The standard InChI is InChI=1S/C14H23IO3/c1-11-13(16)12(14(17)18-11)9-7-5-3-2-4-6-8-10-15/h8,10-13,16H,2-7,9H2,1H3/b10-8+/t11-,12?,13?/m0/s1. The van der Waals surface area contributed by atoms with Gasteiger partial charge in [-0.05, 0) is 30.3 Å². The van der Waals surface area contributed by atoms with E-state index in [9.17, 15) is 9.90 Å². The van der Waals surface area contributed by atoms with Gasteiger partial charge in [0.1, 0.15) is 12.2 Å². The first kappa shape index (κ1) is 16.0. The van der Waals surface area contributed by atoms with E-state index in [1.54, 1.807) is 6.92 Å². The van der Waals surface area contributed by atoms with E-state index in [0.29, 0.717) is 0 Å². The van der Waals surface area contributed by atoms with Crippen molar-refractivity contribution in [2.75, 3.05) is 0 Å². The monoisotopic (exact) mass is 366 g/mol. The molecule has 1 N–H and O–H groups in total. The van der Waals surface area contributed by atoms with Gasteiger partial charge in [-0.25, -0.2) is 0 Å². The Bertz CT molecular complexity index is 278. The molecule has 0 saturated carbocycles. The summed E-state index contributed by atoms with van der Waals surface area (Å²) in [4.78, 5) is 11.4. The fourth-order valence-electron chi connectivity index (χ4n) is 2.32. The van der Waals surface area contributed by atoms with Gasteiger partial charge in [0.25, 0.3) is 0 Å². The highest BCUT2D eigenvalue weighted by Crippen LogP contribution is 2.26. The predicted molar refractivity (Wildman–Crippen MR) is 80.5 cm³/mol. The van der Waals surface area contributed by atoms with Crippen molar-refractivity contribution in [1.82, 2.24) is 0 Å². The number of halogens is 1. The van der Waals surface area contributed by atoms with Crippen LogP contribution in [-0.2, 0) is 9.53 Å². The van der Waals surface area contributed by atoms with Crippen LogP contribution in [0.25, 0.3) is 0 Å². The normalized spacial score (nSPS) is 27.9. The molecule has 0 radical (unpaired) electrons. The number of carbonyl (C=O) groups excluding carboxylic acids is 1. The number of rotatable bonds is 8. The Labute approximate surface area is 123 Å². The maximum atomic E-state index is 11.4. The van der Waals surface area contributed by atoms with Crippen LogP contribution in [0.2, 0.25) is 0 Å². The maximum Gasteiger partial charge on any atom is 0.312 e. The lowest BCUT2D eigenvalue weighted by Crippen LogP contribution is -2.24. The van der Waals surface area contributed by atoms with Crippen molar-refractivity contribution in [2.24, 2.45) is 5.92 Å². The molecule has 4 heteroatoms. The molecular formula is C14H23IO3. The predicted octanol–water partition coefficient (Wildman–Crippen LogP) is 3.59. The summed E-state index contributed by atoms with van der Waals surface area (Å²) in [5.41, 5.74) is 0. The molecule has 1 heterocycles. The fraction of sp³-hybridized carbons (Fsp3) is 0.786. The molecule has 0 amide bonds. The molecule has 1 rings (SSSR count). The zero-order chi connectivity index (χ0) is 13.4. The zero-order valence-electron chi connectivity index (χ0n) is 11.0. The van der Waals surface area contributed by atoms with Crippen LogP contribution >= 0.6 is 22.6 Å². The molecule has 1 aliphatic rings. The summed E-state index contributed by atoms with van der Waals surface area (Å²) < 4.78 is 7.07. The number of aliphatic hydroxyl groups is 1. The Morgan fingerprint density at radius 3 is 2.56 bits per heavy atom. The van der Waals surface area contributed by atoms with E-state index in [4.69, 9.17) is 4.74 Å². The first-order valence-electron chi connectivity index (χ1n) is 6.80. The number of hydrogen-bond acceptors (Lipinski definition) is 3. The molecule has 1 fully saturated rings. The van der Waals surface area contributed by atoms with E-state index < -0.39 is 6.10 Å². The Balaban J connectivity index is 2.02. The lowest BCUT2D eigenvalue weighted by Gasteiger charge is -2.11. The van der Waals surface area contributed by atoms with Gasteiger partial charge in [-0.1, -0.05) is 54.4 Å². The Morgan fingerprint density at radius 1 is 1.28 bits per heavy atom. The van der Waals surface area contributed by atoms with Crippen LogP contribution in [-0.4, -0.2) is 23.3 Å². The molecule has 0 aromatic heterocycles. The zero-order valence-corrected chi connectivity index (χ0v) is 13.1. The smallest absolute Gasteiger partial charge is 0.312 e. The maximum absolute atomic E-state index is 11.4. The van der Waals surface area contributed by atoms with Gasteiger partial charge in [0.05, 0.1) is 5.92 Å². The molecular weight excluding hydrogens is 343 g/mol. The highest BCUT2D eigenvalue weighted by molar-refractivity contribution is 14.1. The topological polar surface area (TPSA) is 46.5 Å². The SMILES string of the molecule is C[C@@H]1OC(=O)C(CCCCCCC/C=C/I)C1O. The average Bonchev–Trinajstić information content (AvgIpc) is 2.58. The molecule has 0 aliphatic carbocycles. The molecule has 2 unspecified atom stereocenters.